The molecule has 65 valence electrons. The van der Waals surface area contributed by atoms with Gasteiger partial charge in [0, 0.05) is 23.1 Å². The summed E-state index contributed by atoms with van der Waals surface area (Å²) in [4.78, 5) is 3.42. The molecule has 0 aliphatic carbocycles. The first kappa shape index (κ1) is 7.15. The Morgan fingerprint density at radius 1 is 1.38 bits per heavy atom. The van der Waals surface area contributed by atoms with E-state index in [-0.39, 0.29) is 0 Å². The van der Waals surface area contributed by atoms with E-state index in [0.29, 0.717) is 0 Å². The summed E-state index contributed by atoms with van der Waals surface area (Å²) in [7, 11) is 0. The zero-order valence-electron chi connectivity index (χ0n) is 7.35. The molecule has 0 unspecified atom stereocenters. The van der Waals surface area contributed by atoms with E-state index in [0.717, 1.165) is 19.5 Å². The third-order valence-corrected chi connectivity index (χ3v) is 2.69. The van der Waals surface area contributed by atoms with Gasteiger partial charge >= 0.3 is 0 Å². The van der Waals surface area contributed by atoms with Gasteiger partial charge in [0.15, 0.2) is 0 Å². The Bertz CT molecular complexity index is 442. The van der Waals surface area contributed by atoms with E-state index in [1.807, 2.05) is 12.1 Å². The number of benzene rings is 1. The molecule has 1 radical (unpaired) electrons. The summed E-state index contributed by atoms with van der Waals surface area (Å²) < 4.78 is 0. The molecule has 0 fully saturated rings. The number of rotatable bonds is 0. The van der Waals surface area contributed by atoms with Crippen molar-refractivity contribution in [3.63, 3.8) is 0 Å². The second kappa shape index (κ2) is 2.60. The number of fused-ring (bicyclic) bond motifs is 3. The minimum absolute atomic E-state index is 0.976. The third-order valence-electron chi connectivity index (χ3n) is 2.69. The molecule has 2 heterocycles. The zero-order valence-corrected chi connectivity index (χ0v) is 7.35. The van der Waals surface area contributed by atoms with E-state index in [4.69, 9.17) is 0 Å². The van der Waals surface area contributed by atoms with Crippen molar-refractivity contribution in [2.24, 2.45) is 0 Å². The fourth-order valence-electron chi connectivity index (χ4n) is 2.06. The Labute approximate surface area is 77.0 Å². The molecule has 1 aromatic carbocycles. The van der Waals surface area contributed by atoms with E-state index in [9.17, 15) is 0 Å². The van der Waals surface area contributed by atoms with Gasteiger partial charge in [-0.2, -0.15) is 0 Å². The quantitative estimate of drug-likeness (QED) is 0.619. The summed E-state index contributed by atoms with van der Waals surface area (Å²) in [5, 5.41) is 4.73. The van der Waals surface area contributed by atoms with Crippen LogP contribution < -0.4 is 5.32 Å². The minimum Gasteiger partial charge on any atom is -0.357 e. The van der Waals surface area contributed by atoms with Crippen molar-refractivity contribution in [2.45, 2.75) is 13.0 Å². The minimum atomic E-state index is 0.976. The maximum atomic E-state index is 3.42. The SMILES string of the molecule is [c]1ccc2c3c([nH]c2c1)CNCC3. The van der Waals surface area contributed by atoms with Crippen molar-refractivity contribution in [3.8, 4) is 0 Å². The fraction of sp³-hybridized carbons (Fsp3) is 0.273. The van der Waals surface area contributed by atoms with E-state index < -0.39 is 0 Å². The Kier molecular flexibility index (Phi) is 1.43. The summed E-state index contributed by atoms with van der Waals surface area (Å²) in [6, 6.07) is 9.25. The average molecular weight is 171 g/mol. The highest BCUT2D eigenvalue weighted by molar-refractivity contribution is 5.84. The Hall–Kier alpha value is -1.28. The molecule has 0 saturated heterocycles. The second-order valence-corrected chi connectivity index (χ2v) is 3.48. The highest BCUT2D eigenvalue weighted by Crippen LogP contribution is 2.24. The fourth-order valence-corrected chi connectivity index (χ4v) is 2.06. The first-order chi connectivity index (χ1) is 6.45. The molecule has 0 bridgehead atoms. The van der Waals surface area contributed by atoms with Crippen LogP contribution in [0.3, 0.4) is 0 Å². The van der Waals surface area contributed by atoms with Crippen LogP contribution >= 0.6 is 0 Å². The largest absolute Gasteiger partial charge is 0.357 e. The predicted octanol–water partition coefficient (Wildman–Crippen LogP) is 1.61. The first-order valence-electron chi connectivity index (χ1n) is 4.65. The summed E-state index contributed by atoms with van der Waals surface area (Å²) in [5.74, 6) is 0. The van der Waals surface area contributed by atoms with Gasteiger partial charge in [-0.05, 0) is 30.7 Å². The summed E-state index contributed by atoms with van der Waals surface area (Å²) in [6.07, 6.45) is 1.14. The molecule has 13 heavy (non-hydrogen) atoms. The molecule has 0 saturated carbocycles. The average Bonchev–Trinajstić information content (AvgIpc) is 2.56. The van der Waals surface area contributed by atoms with Crippen LogP contribution in [-0.4, -0.2) is 11.5 Å². The van der Waals surface area contributed by atoms with E-state index >= 15 is 0 Å². The van der Waals surface area contributed by atoms with Crippen LogP contribution in [-0.2, 0) is 13.0 Å². The van der Waals surface area contributed by atoms with Crippen LogP contribution in [0.25, 0.3) is 10.9 Å². The van der Waals surface area contributed by atoms with Crippen LogP contribution in [0.2, 0.25) is 0 Å². The lowest BCUT2D eigenvalue weighted by Gasteiger charge is -2.12. The number of aromatic amines is 1. The second-order valence-electron chi connectivity index (χ2n) is 3.48. The van der Waals surface area contributed by atoms with Crippen LogP contribution in [0, 0.1) is 6.07 Å². The van der Waals surface area contributed by atoms with Crippen molar-refractivity contribution in [1.29, 1.82) is 0 Å². The Morgan fingerprint density at radius 2 is 2.38 bits per heavy atom. The van der Waals surface area contributed by atoms with Crippen molar-refractivity contribution in [3.05, 3.63) is 35.5 Å². The Balaban J connectivity index is 2.34. The van der Waals surface area contributed by atoms with Crippen molar-refractivity contribution >= 4 is 10.9 Å². The van der Waals surface area contributed by atoms with Gasteiger partial charge in [0.25, 0.3) is 0 Å². The highest BCUT2D eigenvalue weighted by Gasteiger charge is 2.13. The summed E-state index contributed by atoms with van der Waals surface area (Å²) >= 11 is 0. The molecule has 0 amide bonds. The number of nitrogens with one attached hydrogen (secondary N) is 2. The van der Waals surface area contributed by atoms with Crippen LogP contribution in [0.1, 0.15) is 11.3 Å². The van der Waals surface area contributed by atoms with Gasteiger partial charge in [-0.3, -0.25) is 0 Å². The molecule has 2 nitrogen and oxygen atoms in total. The highest BCUT2D eigenvalue weighted by atomic mass is 14.9. The van der Waals surface area contributed by atoms with Gasteiger partial charge in [-0.15, -0.1) is 0 Å². The molecule has 1 aromatic heterocycles. The predicted molar refractivity (Wildman–Crippen MR) is 52.5 cm³/mol. The van der Waals surface area contributed by atoms with E-state index in [1.54, 1.807) is 0 Å². The maximum Gasteiger partial charge on any atom is 0.0465 e. The summed E-state index contributed by atoms with van der Waals surface area (Å²) in [6.45, 7) is 2.07. The van der Waals surface area contributed by atoms with Gasteiger partial charge in [-0.25, -0.2) is 0 Å². The lowest BCUT2D eigenvalue weighted by Crippen LogP contribution is -2.22. The van der Waals surface area contributed by atoms with Gasteiger partial charge in [0.2, 0.25) is 0 Å². The van der Waals surface area contributed by atoms with Gasteiger partial charge in [0.1, 0.15) is 0 Å². The zero-order chi connectivity index (χ0) is 8.67. The molecule has 2 heteroatoms. The molecular weight excluding hydrogens is 160 g/mol. The molecule has 0 atom stereocenters. The van der Waals surface area contributed by atoms with E-state index in [2.05, 4.69) is 22.4 Å². The molecule has 2 aromatic rings. The number of hydrogen-bond acceptors (Lipinski definition) is 1. The maximum absolute atomic E-state index is 3.42. The lowest BCUT2D eigenvalue weighted by molar-refractivity contribution is 0.637. The molecule has 0 spiro atoms. The van der Waals surface area contributed by atoms with Crippen molar-refractivity contribution < 1.29 is 0 Å². The number of hydrogen-bond donors (Lipinski definition) is 2. The normalized spacial score (nSPS) is 16.0. The van der Waals surface area contributed by atoms with Crippen molar-refractivity contribution in [2.75, 3.05) is 6.54 Å². The summed E-state index contributed by atoms with van der Waals surface area (Å²) in [5.41, 5.74) is 4.06. The standard InChI is InChI=1S/C11H11N2/c1-2-4-10-8(3-1)9-5-6-12-7-11(9)13-10/h1,3-4,12-13H,5-7H2. The topological polar surface area (TPSA) is 27.8 Å². The third kappa shape index (κ3) is 0.988. The first-order valence-corrected chi connectivity index (χ1v) is 4.65. The monoisotopic (exact) mass is 171 g/mol. The molecule has 1 aliphatic heterocycles. The van der Waals surface area contributed by atoms with Gasteiger partial charge in [0.05, 0.1) is 0 Å². The molecular formula is C11H11N2. The molecule has 3 rings (SSSR count). The van der Waals surface area contributed by atoms with E-state index in [1.165, 1.54) is 22.2 Å². The lowest BCUT2D eigenvalue weighted by atomic mass is 10.1. The van der Waals surface area contributed by atoms with Gasteiger partial charge < -0.3 is 10.3 Å². The smallest absolute Gasteiger partial charge is 0.0465 e. The van der Waals surface area contributed by atoms with Crippen LogP contribution in [0.4, 0.5) is 0 Å². The molecule has 2 N–H and O–H groups in total. The molecule has 1 aliphatic rings. The van der Waals surface area contributed by atoms with Crippen LogP contribution in [0.5, 0.6) is 0 Å². The number of aromatic nitrogens is 1. The number of H-pyrrole nitrogens is 1. The Morgan fingerprint density at radius 3 is 3.38 bits per heavy atom. The van der Waals surface area contributed by atoms with Gasteiger partial charge in [-0.1, -0.05) is 12.1 Å². The van der Waals surface area contributed by atoms with Crippen molar-refractivity contribution in [1.82, 2.24) is 10.3 Å². The van der Waals surface area contributed by atoms with Crippen LogP contribution in [0.15, 0.2) is 18.2 Å².